The lowest BCUT2D eigenvalue weighted by Gasteiger charge is -1.93. The first-order chi connectivity index (χ1) is 17.1. The number of aryl methyl sites for hydroxylation is 4. The molecule has 4 rings (SSSR count). The Morgan fingerprint density at radius 3 is 1.47 bits per heavy atom. The molecule has 0 unspecified atom stereocenters. The van der Waals surface area contributed by atoms with Crippen molar-refractivity contribution in [2.75, 3.05) is 18.1 Å². The van der Waals surface area contributed by atoms with Crippen molar-refractivity contribution in [3.05, 3.63) is 108 Å². The van der Waals surface area contributed by atoms with Crippen LogP contribution in [0.25, 0.3) is 0 Å². The second-order valence-electron chi connectivity index (χ2n) is 7.24. The fourth-order valence-corrected chi connectivity index (χ4v) is 2.22. The number of aromatic amines is 1. The summed E-state index contributed by atoms with van der Waals surface area (Å²) in [7, 11) is 0. The maximum absolute atomic E-state index is 8.92. The Balaban J connectivity index is 0. The summed E-state index contributed by atoms with van der Waals surface area (Å²) in [5, 5.41) is 16.5. The van der Waals surface area contributed by atoms with Gasteiger partial charge in [-0.2, -0.15) is 12.6 Å². The van der Waals surface area contributed by atoms with Gasteiger partial charge in [0.05, 0.1) is 0 Å². The normalized spacial score (nSPS) is 8.58. The standard InChI is InChI=1S/C7H9N.C7H8O.C7H8S.C4H6N2.C2H6O.C2H6S/c3*1-6-4-2-3-5-7(6)8;1-4-5-2-3-6-4;2*1-2-3/h2-5H,8H2,1H3;2*2-5,8H,1H3;2-3H,1H3,(H,5,6);2*3H,2H2,1H3. The summed E-state index contributed by atoms with van der Waals surface area (Å²) in [6.45, 7) is 11.7. The van der Waals surface area contributed by atoms with Gasteiger partial charge < -0.3 is 20.9 Å². The number of imidazole rings is 1. The number of aliphatic hydroxyl groups is 1. The number of phenolic OH excluding ortho intramolecular Hbond substituents is 1. The zero-order valence-corrected chi connectivity index (χ0v) is 24.1. The molecule has 198 valence electrons. The smallest absolute Gasteiger partial charge is 0.118 e. The van der Waals surface area contributed by atoms with Crippen LogP contribution in [0.4, 0.5) is 5.69 Å². The van der Waals surface area contributed by atoms with E-state index in [-0.39, 0.29) is 6.61 Å². The van der Waals surface area contributed by atoms with Crippen LogP contribution in [0.3, 0.4) is 0 Å². The van der Waals surface area contributed by atoms with Crippen molar-refractivity contribution in [1.82, 2.24) is 9.97 Å². The molecule has 0 aliphatic carbocycles. The Hall–Kier alpha value is -2.87. The van der Waals surface area contributed by atoms with E-state index >= 15 is 0 Å². The number of rotatable bonds is 0. The molecule has 0 atom stereocenters. The van der Waals surface area contributed by atoms with Gasteiger partial charge in [-0.25, -0.2) is 4.98 Å². The highest BCUT2D eigenvalue weighted by atomic mass is 32.1. The number of H-pyrrole nitrogens is 1. The number of aromatic nitrogens is 2. The monoisotopic (exact) mass is 529 g/mol. The van der Waals surface area contributed by atoms with Crippen molar-refractivity contribution >= 4 is 30.9 Å². The van der Waals surface area contributed by atoms with Crippen LogP contribution in [0.2, 0.25) is 0 Å². The minimum Gasteiger partial charge on any atom is -0.508 e. The van der Waals surface area contributed by atoms with Gasteiger partial charge >= 0.3 is 0 Å². The Kier molecular flexibility index (Phi) is 23.4. The highest BCUT2D eigenvalue weighted by molar-refractivity contribution is 7.80. The Bertz CT molecular complexity index is 858. The maximum atomic E-state index is 8.92. The number of nitrogens with two attached hydrogens (primary N) is 1. The molecule has 0 saturated heterocycles. The number of nitrogens with zero attached hydrogens (tertiary/aromatic N) is 1. The summed E-state index contributed by atoms with van der Waals surface area (Å²) in [4.78, 5) is 7.81. The number of nitrogens with one attached hydrogen (secondary N) is 1. The zero-order chi connectivity index (χ0) is 27.8. The number of aromatic hydroxyl groups is 1. The lowest BCUT2D eigenvalue weighted by Crippen LogP contribution is -1.85. The van der Waals surface area contributed by atoms with Crippen molar-refractivity contribution in [2.24, 2.45) is 0 Å². The van der Waals surface area contributed by atoms with Gasteiger partial charge in [0.15, 0.2) is 0 Å². The van der Waals surface area contributed by atoms with Gasteiger partial charge in [-0.1, -0.05) is 61.5 Å². The number of thiol groups is 2. The van der Waals surface area contributed by atoms with Gasteiger partial charge in [0, 0.05) is 29.6 Å². The van der Waals surface area contributed by atoms with Crippen LogP contribution in [0.15, 0.2) is 90.1 Å². The molecule has 0 radical (unpaired) electrons. The highest BCUT2D eigenvalue weighted by Crippen LogP contribution is 2.12. The van der Waals surface area contributed by atoms with Gasteiger partial charge in [0.1, 0.15) is 11.6 Å². The summed E-state index contributed by atoms with van der Waals surface area (Å²) in [6, 6.07) is 23.1. The number of aliphatic hydroxyl groups excluding tert-OH is 1. The molecule has 3 aromatic carbocycles. The summed E-state index contributed by atoms with van der Waals surface area (Å²) >= 11 is 7.99. The Morgan fingerprint density at radius 2 is 1.25 bits per heavy atom. The zero-order valence-electron chi connectivity index (χ0n) is 22.3. The summed E-state index contributed by atoms with van der Waals surface area (Å²) in [5.41, 5.74) is 9.69. The van der Waals surface area contributed by atoms with E-state index in [2.05, 4.69) is 35.2 Å². The summed E-state index contributed by atoms with van der Waals surface area (Å²) in [6.07, 6.45) is 3.53. The Morgan fingerprint density at radius 1 is 0.806 bits per heavy atom. The molecule has 0 aliphatic rings. The molecule has 1 aromatic heterocycles. The first-order valence-corrected chi connectivity index (χ1v) is 12.7. The average molecular weight is 530 g/mol. The van der Waals surface area contributed by atoms with E-state index in [1.165, 1.54) is 5.56 Å². The van der Waals surface area contributed by atoms with Crippen molar-refractivity contribution in [3.63, 3.8) is 0 Å². The fourth-order valence-electron chi connectivity index (χ4n) is 2.06. The molecule has 0 fully saturated rings. The topological polar surface area (TPSA) is 95.2 Å². The molecule has 0 aliphatic heterocycles. The molecule has 4 aromatic rings. The van der Waals surface area contributed by atoms with Crippen LogP contribution >= 0.6 is 25.3 Å². The molecule has 5 N–H and O–H groups in total. The number of anilines is 1. The van der Waals surface area contributed by atoms with E-state index in [1.54, 1.807) is 25.4 Å². The van der Waals surface area contributed by atoms with Gasteiger partial charge in [0.25, 0.3) is 0 Å². The number of benzene rings is 3. The molecular weight excluding hydrogens is 486 g/mol. The van der Waals surface area contributed by atoms with Gasteiger partial charge in [-0.3, -0.25) is 0 Å². The predicted molar refractivity (Wildman–Crippen MR) is 162 cm³/mol. The van der Waals surface area contributed by atoms with E-state index in [0.717, 1.165) is 33.3 Å². The van der Waals surface area contributed by atoms with Crippen LogP contribution in [-0.4, -0.2) is 32.5 Å². The number of para-hydroxylation sites is 2. The van der Waals surface area contributed by atoms with E-state index in [9.17, 15) is 0 Å². The summed E-state index contributed by atoms with van der Waals surface area (Å²) < 4.78 is 0. The molecule has 7 heteroatoms. The van der Waals surface area contributed by atoms with Crippen molar-refractivity contribution in [2.45, 2.75) is 46.4 Å². The van der Waals surface area contributed by atoms with Gasteiger partial charge in [-0.15, -0.1) is 12.6 Å². The van der Waals surface area contributed by atoms with E-state index in [0.29, 0.717) is 5.75 Å². The molecule has 36 heavy (non-hydrogen) atoms. The lowest BCUT2D eigenvalue weighted by atomic mass is 10.2. The molecule has 0 bridgehead atoms. The van der Waals surface area contributed by atoms with Crippen LogP contribution in [0, 0.1) is 27.7 Å². The maximum Gasteiger partial charge on any atom is 0.118 e. The fraction of sp³-hybridized carbons (Fsp3) is 0.276. The molecule has 5 nitrogen and oxygen atoms in total. The van der Waals surface area contributed by atoms with Crippen molar-refractivity contribution < 1.29 is 10.2 Å². The van der Waals surface area contributed by atoms with Crippen LogP contribution in [0.1, 0.15) is 36.4 Å². The van der Waals surface area contributed by atoms with E-state index in [4.69, 9.17) is 15.9 Å². The largest absolute Gasteiger partial charge is 0.508 e. The van der Waals surface area contributed by atoms with Crippen LogP contribution in [-0.2, 0) is 0 Å². The predicted octanol–water partition coefficient (Wildman–Crippen LogP) is 7.21. The minimum atomic E-state index is 0.250. The molecule has 0 amide bonds. The first kappa shape index (κ1) is 35.3. The Labute approximate surface area is 228 Å². The quantitative estimate of drug-likeness (QED) is 0.107. The second-order valence-corrected chi connectivity index (χ2v) is 8.35. The average Bonchev–Trinajstić information content (AvgIpc) is 3.33. The number of hydrogen-bond donors (Lipinski definition) is 6. The molecular formula is C29H43N3O2S2. The number of phenols is 1. The number of nitrogen functional groups attached to an aromatic ring is 1. The number of hydrogen-bond acceptors (Lipinski definition) is 6. The third-order valence-corrected chi connectivity index (χ3v) is 4.56. The van der Waals surface area contributed by atoms with Crippen LogP contribution in [0.5, 0.6) is 5.75 Å². The third-order valence-electron chi connectivity index (χ3n) is 4.05. The molecule has 1 heterocycles. The van der Waals surface area contributed by atoms with E-state index in [1.807, 2.05) is 101 Å². The third kappa shape index (κ3) is 20.5. The minimum absolute atomic E-state index is 0.250. The highest BCUT2D eigenvalue weighted by Gasteiger charge is 1.87. The molecule has 0 saturated carbocycles. The van der Waals surface area contributed by atoms with Gasteiger partial charge in [0.2, 0.25) is 0 Å². The SMILES string of the molecule is CCO.CCS.Cc1ccccc1N.Cc1ccccc1O.Cc1ccccc1S.Cc1ncc[nH]1. The van der Waals surface area contributed by atoms with Crippen LogP contribution < -0.4 is 5.73 Å². The van der Waals surface area contributed by atoms with Crippen molar-refractivity contribution in [3.8, 4) is 5.75 Å². The van der Waals surface area contributed by atoms with Crippen molar-refractivity contribution in [1.29, 1.82) is 0 Å². The molecule has 0 spiro atoms. The van der Waals surface area contributed by atoms with Gasteiger partial charge in [-0.05, 0) is 75.3 Å². The lowest BCUT2D eigenvalue weighted by molar-refractivity contribution is 0.318. The van der Waals surface area contributed by atoms with E-state index < -0.39 is 0 Å². The second kappa shape index (κ2) is 23.9. The first-order valence-electron chi connectivity index (χ1n) is 11.6. The summed E-state index contributed by atoms with van der Waals surface area (Å²) in [5.74, 6) is 2.28.